The first-order chi connectivity index (χ1) is 13.1. The van der Waals surface area contributed by atoms with E-state index in [1.165, 1.54) is 6.07 Å². The van der Waals surface area contributed by atoms with Crippen molar-refractivity contribution in [1.82, 2.24) is 14.7 Å². The fraction of sp³-hybridized carbons (Fsp3) is 0.500. The Hall–Kier alpha value is -2.90. The van der Waals surface area contributed by atoms with Crippen molar-refractivity contribution in [2.75, 3.05) is 13.1 Å². The lowest BCUT2D eigenvalue weighted by Crippen LogP contribution is -2.29. The Morgan fingerprint density at radius 3 is 2.39 bits per heavy atom. The molecule has 1 aliphatic heterocycles. The van der Waals surface area contributed by atoms with Crippen molar-refractivity contribution in [3.63, 3.8) is 0 Å². The average molecular weight is 386 g/mol. The Bertz CT molecular complexity index is 921. The molecule has 1 fully saturated rings. The molecule has 0 saturated carbocycles. The Kier molecular flexibility index (Phi) is 5.14. The number of nitrogens with zero attached hydrogens (tertiary/aromatic N) is 4. The number of aryl methyl sites for hydroxylation is 1. The summed E-state index contributed by atoms with van der Waals surface area (Å²) in [5.41, 5.74) is 1.21. The summed E-state index contributed by atoms with van der Waals surface area (Å²) in [7, 11) is 0. The SMILES string of the molecule is Cc1cc(Oc2c(C)c(C(=O)N3CCCC3)nn2C(C)(C)C)ccc1[N+](=O)[O-]. The van der Waals surface area contributed by atoms with Crippen LogP contribution < -0.4 is 4.74 Å². The minimum Gasteiger partial charge on any atom is -0.439 e. The van der Waals surface area contributed by atoms with Gasteiger partial charge in [-0.25, -0.2) is 4.68 Å². The molecule has 2 heterocycles. The van der Waals surface area contributed by atoms with E-state index < -0.39 is 10.5 Å². The number of ether oxygens (including phenoxy) is 1. The number of benzene rings is 1. The van der Waals surface area contributed by atoms with Crippen LogP contribution in [0.2, 0.25) is 0 Å². The second-order valence-electron chi connectivity index (χ2n) is 8.17. The van der Waals surface area contributed by atoms with Crippen LogP contribution in [-0.2, 0) is 5.54 Å². The smallest absolute Gasteiger partial charge is 0.274 e. The number of likely N-dealkylation sites (tertiary alicyclic amines) is 1. The van der Waals surface area contributed by atoms with Crippen molar-refractivity contribution in [2.45, 2.75) is 53.0 Å². The molecule has 0 atom stereocenters. The second-order valence-corrected chi connectivity index (χ2v) is 8.17. The quantitative estimate of drug-likeness (QED) is 0.580. The van der Waals surface area contributed by atoms with Crippen LogP contribution in [0.4, 0.5) is 5.69 Å². The number of carbonyl (C=O) groups excluding carboxylic acids is 1. The van der Waals surface area contributed by atoms with Gasteiger partial charge in [-0.2, -0.15) is 5.10 Å². The van der Waals surface area contributed by atoms with Crippen molar-refractivity contribution in [2.24, 2.45) is 0 Å². The number of hydrogen-bond acceptors (Lipinski definition) is 5. The molecular weight excluding hydrogens is 360 g/mol. The van der Waals surface area contributed by atoms with Gasteiger partial charge in [-0.3, -0.25) is 14.9 Å². The average Bonchev–Trinajstić information content (AvgIpc) is 3.23. The largest absolute Gasteiger partial charge is 0.439 e. The van der Waals surface area contributed by atoms with E-state index >= 15 is 0 Å². The maximum Gasteiger partial charge on any atom is 0.274 e. The molecule has 1 saturated heterocycles. The summed E-state index contributed by atoms with van der Waals surface area (Å²) in [6.45, 7) is 10.9. The lowest BCUT2D eigenvalue weighted by molar-refractivity contribution is -0.385. The second kappa shape index (κ2) is 7.26. The molecule has 0 aliphatic carbocycles. The Labute approximate surface area is 164 Å². The highest BCUT2D eigenvalue weighted by atomic mass is 16.6. The highest BCUT2D eigenvalue weighted by Gasteiger charge is 2.31. The first-order valence-corrected chi connectivity index (χ1v) is 9.42. The van der Waals surface area contributed by atoms with Gasteiger partial charge in [0.25, 0.3) is 11.6 Å². The third-order valence-electron chi connectivity index (χ3n) is 4.88. The zero-order chi connectivity index (χ0) is 20.6. The molecule has 0 unspecified atom stereocenters. The van der Waals surface area contributed by atoms with E-state index in [1.807, 2.05) is 32.6 Å². The molecular formula is C20H26N4O4. The van der Waals surface area contributed by atoms with E-state index in [4.69, 9.17) is 4.74 Å². The van der Waals surface area contributed by atoms with Gasteiger partial charge in [0, 0.05) is 30.3 Å². The van der Waals surface area contributed by atoms with Gasteiger partial charge in [0.15, 0.2) is 5.69 Å². The zero-order valence-corrected chi connectivity index (χ0v) is 17.0. The number of aromatic nitrogens is 2. The molecule has 0 N–H and O–H groups in total. The van der Waals surface area contributed by atoms with E-state index in [9.17, 15) is 14.9 Å². The van der Waals surface area contributed by atoms with Crippen LogP contribution in [0.5, 0.6) is 11.6 Å². The van der Waals surface area contributed by atoms with E-state index in [0.29, 0.717) is 28.5 Å². The van der Waals surface area contributed by atoms with E-state index in [1.54, 1.807) is 23.7 Å². The summed E-state index contributed by atoms with van der Waals surface area (Å²) < 4.78 is 7.79. The maximum atomic E-state index is 12.9. The Balaban J connectivity index is 2.01. The predicted octanol–water partition coefficient (Wildman–Crippen LogP) is 4.19. The first-order valence-electron chi connectivity index (χ1n) is 9.42. The molecule has 2 aromatic rings. The molecule has 0 spiro atoms. The summed E-state index contributed by atoms with van der Waals surface area (Å²) in [5.74, 6) is 0.864. The lowest BCUT2D eigenvalue weighted by Gasteiger charge is -2.22. The minimum atomic E-state index is -0.420. The molecule has 0 bridgehead atoms. The van der Waals surface area contributed by atoms with Gasteiger partial charge >= 0.3 is 0 Å². The zero-order valence-electron chi connectivity index (χ0n) is 17.0. The van der Waals surface area contributed by atoms with Gasteiger partial charge < -0.3 is 9.64 Å². The molecule has 0 radical (unpaired) electrons. The highest BCUT2D eigenvalue weighted by Crippen LogP contribution is 2.34. The highest BCUT2D eigenvalue weighted by molar-refractivity contribution is 5.94. The van der Waals surface area contributed by atoms with Crippen LogP contribution in [0, 0.1) is 24.0 Å². The molecule has 28 heavy (non-hydrogen) atoms. The molecule has 1 aromatic carbocycles. The number of carbonyl (C=O) groups is 1. The van der Waals surface area contributed by atoms with Crippen molar-refractivity contribution in [3.05, 3.63) is 45.1 Å². The number of amides is 1. The van der Waals surface area contributed by atoms with Gasteiger partial charge in [0.1, 0.15) is 5.75 Å². The van der Waals surface area contributed by atoms with Crippen molar-refractivity contribution < 1.29 is 14.5 Å². The van der Waals surface area contributed by atoms with E-state index in [0.717, 1.165) is 25.9 Å². The molecule has 1 amide bonds. The molecule has 1 aliphatic rings. The van der Waals surface area contributed by atoms with Crippen LogP contribution >= 0.6 is 0 Å². The van der Waals surface area contributed by atoms with E-state index in [-0.39, 0.29) is 11.6 Å². The number of rotatable bonds is 4. The summed E-state index contributed by atoms with van der Waals surface area (Å²) >= 11 is 0. The Morgan fingerprint density at radius 2 is 1.86 bits per heavy atom. The van der Waals surface area contributed by atoms with Crippen LogP contribution in [0.15, 0.2) is 18.2 Å². The first kappa shape index (κ1) is 19.9. The van der Waals surface area contributed by atoms with Crippen molar-refractivity contribution >= 4 is 11.6 Å². The third kappa shape index (κ3) is 3.72. The number of hydrogen-bond donors (Lipinski definition) is 0. The number of nitro benzene ring substituents is 1. The Morgan fingerprint density at radius 1 is 1.21 bits per heavy atom. The van der Waals surface area contributed by atoms with Crippen LogP contribution in [0.3, 0.4) is 0 Å². The van der Waals surface area contributed by atoms with Gasteiger partial charge in [0.2, 0.25) is 5.88 Å². The topological polar surface area (TPSA) is 90.5 Å². The predicted molar refractivity (Wildman–Crippen MR) is 105 cm³/mol. The van der Waals surface area contributed by atoms with Crippen LogP contribution in [0.25, 0.3) is 0 Å². The fourth-order valence-corrected chi connectivity index (χ4v) is 3.34. The fourth-order valence-electron chi connectivity index (χ4n) is 3.34. The van der Waals surface area contributed by atoms with Gasteiger partial charge in [0.05, 0.1) is 10.5 Å². The summed E-state index contributed by atoms with van der Waals surface area (Å²) in [6, 6.07) is 4.61. The van der Waals surface area contributed by atoms with Crippen molar-refractivity contribution in [1.29, 1.82) is 0 Å². The molecule has 8 nitrogen and oxygen atoms in total. The van der Waals surface area contributed by atoms with Gasteiger partial charge in [-0.15, -0.1) is 0 Å². The minimum absolute atomic E-state index is 0.0401. The third-order valence-corrected chi connectivity index (χ3v) is 4.88. The number of nitro groups is 1. The maximum absolute atomic E-state index is 12.9. The molecule has 150 valence electrons. The molecule has 8 heteroatoms. The monoisotopic (exact) mass is 386 g/mol. The molecule has 3 rings (SSSR count). The van der Waals surface area contributed by atoms with Gasteiger partial charge in [-0.05, 0) is 59.6 Å². The lowest BCUT2D eigenvalue weighted by atomic mass is 10.1. The summed E-state index contributed by atoms with van der Waals surface area (Å²) in [5, 5.41) is 15.6. The normalized spacial score (nSPS) is 14.4. The summed E-state index contributed by atoms with van der Waals surface area (Å²) in [6.07, 6.45) is 2.02. The van der Waals surface area contributed by atoms with Gasteiger partial charge in [-0.1, -0.05) is 0 Å². The molecule has 1 aromatic heterocycles. The summed E-state index contributed by atoms with van der Waals surface area (Å²) in [4.78, 5) is 25.4. The standard InChI is InChI=1S/C20H26N4O4/c1-13-12-15(8-9-16(13)24(26)27)28-19-14(2)17(21-23(19)20(3,4)5)18(25)22-10-6-7-11-22/h8-9,12H,6-7,10-11H2,1-5H3. The van der Waals surface area contributed by atoms with Crippen molar-refractivity contribution in [3.8, 4) is 11.6 Å². The van der Waals surface area contributed by atoms with Crippen LogP contribution in [-0.4, -0.2) is 38.6 Å². The van der Waals surface area contributed by atoms with E-state index in [2.05, 4.69) is 5.10 Å². The van der Waals surface area contributed by atoms with Crippen LogP contribution in [0.1, 0.15) is 55.2 Å².